The number of nitrogens with one attached hydrogen (secondary N) is 2. The van der Waals surface area contributed by atoms with Crippen LogP contribution < -0.4 is 15.4 Å². The Morgan fingerprint density at radius 1 is 1.10 bits per heavy atom. The zero-order chi connectivity index (χ0) is 30.0. The van der Waals surface area contributed by atoms with Crippen molar-refractivity contribution in [1.82, 2.24) is 24.7 Å². The number of piperazine rings is 1. The van der Waals surface area contributed by atoms with Crippen molar-refractivity contribution in [2.75, 3.05) is 51.7 Å². The second-order valence-electron chi connectivity index (χ2n) is 10.4. The van der Waals surface area contributed by atoms with E-state index in [1.54, 1.807) is 11.0 Å². The molecule has 13 heteroatoms. The maximum atomic E-state index is 14.6. The molecule has 0 radical (unpaired) electrons. The van der Waals surface area contributed by atoms with E-state index in [4.69, 9.17) is 16.3 Å². The van der Waals surface area contributed by atoms with Crippen LogP contribution >= 0.6 is 11.6 Å². The van der Waals surface area contributed by atoms with Gasteiger partial charge in [-0.05, 0) is 55.8 Å². The van der Waals surface area contributed by atoms with Gasteiger partial charge in [-0.2, -0.15) is 4.39 Å². The predicted molar refractivity (Wildman–Crippen MR) is 153 cm³/mol. The number of hydrogen-bond acceptors (Lipinski definition) is 6. The second kappa shape index (κ2) is 12.5. The number of aromatic nitrogens is 2. The molecule has 0 bridgehead atoms. The van der Waals surface area contributed by atoms with Gasteiger partial charge in [0.2, 0.25) is 11.7 Å². The zero-order valence-electron chi connectivity index (χ0n) is 23.3. The fourth-order valence-corrected chi connectivity index (χ4v) is 5.57. The Balaban J connectivity index is 1.21. The van der Waals surface area contributed by atoms with Gasteiger partial charge in [0.05, 0.1) is 29.6 Å². The molecule has 10 nitrogen and oxygen atoms in total. The summed E-state index contributed by atoms with van der Waals surface area (Å²) < 4.78 is 35.0. The molecule has 0 aliphatic carbocycles. The molecule has 2 N–H and O–H groups in total. The van der Waals surface area contributed by atoms with Crippen molar-refractivity contribution in [3.05, 3.63) is 64.6 Å². The first-order valence-electron chi connectivity index (χ1n) is 13.6. The summed E-state index contributed by atoms with van der Waals surface area (Å²) >= 11 is 6.44. The normalized spacial score (nSPS) is 16.9. The summed E-state index contributed by atoms with van der Waals surface area (Å²) in [6.45, 7) is 3.56. The van der Waals surface area contributed by atoms with Crippen LogP contribution in [0, 0.1) is 17.6 Å². The lowest BCUT2D eigenvalue weighted by Crippen LogP contribution is -2.51. The maximum absolute atomic E-state index is 14.6. The van der Waals surface area contributed by atoms with E-state index in [1.165, 1.54) is 49.2 Å². The molecule has 3 aromatic rings. The number of hydrogen-bond donors (Lipinski definition) is 2. The Morgan fingerprint density at radius 3 is 2.50 bits per heavy atom. The number of carbonyl (C=O) groups excluding carboxylic acids is 3. The monoisotopic (exact) mass is 600 g/mol. The number of rotatable bonds is 7. The van der Waals surface area contributed by atoms with Gasteiger partial charge in [-0.3, -0.25) is 14.4 Å². The van der Waals surface area contributed by atoms with E-state index in [-0.39, 0.29) is 45.2 Å². The molecule has 42 heavy (non-hydrogen) atoms. The molecule has 2 aliphatic rings. The van der Waals surface area contributed by atoms with Crippen molar-refractivity contribution in [1.29, 1.82) is 0 Å². The average molecular weight is 601 g/mol. The summed E-state index contributed by atoms with van der Waals surface area (Å²) in [5, 5.41) is 6.10. The molecule has 222 valence electrons. The molecule has 2 aromatic carbocycles. The molecule has 0 saturated carbocycles. The van der Waals surface area contributed by atoms with E-state index in [0.717, 1.165) is 19.5 Å². The third kappa shape index (κ3) is 5.95. The summed E-state index contributed by atoms with van der Waals surface area (Å²) in [5.41, 5.74) is 0.715. The van der Waals surface area contributed by atoms with Gasteiger partial charge in [0.15, 0.2) is 17.4 Å². The highest BCUT2D eigenvalue weighted by Gasteiger charge is 2.28. The minimum Gasteiger partial charge on any atom is -0.494 e. The van der Waals surface area contributed by atoms with E-state index in [1.807, 2.05) is 4.90 Å². The van der Waals surface area contributed by atoms with Gasteiger partial charge < -0.3 is 29.7 Å². The molecule has 2 fully saturated rings. The second-order valence-corrected chi connectivity index (χ2v) is 10.8. The molecule has 1 aromatic heterocycles. The highest BCUT2D eigenvalue weighted by molar-refractivity contribution is 6.34. The SMILES string of the molecule is COc1ccc(-c2cnc(C(=O)Nc3ccc(C(=O)N4CCN(C(=O)CC5CCNC5)CC4)c(Cl)c3)n2C)c(F)c1F. The lowest BCUT2D eigenvalue weighted by Gasteiger charge is -2.35. The van der Waals surface area contributed by atoms with E-state index in [0.29, 0.717) is 44.2 Å². The van der Waals surface area contributed by atoms with Gasteiger partial charge in [-0.25, -0.2) is 9.37 Å². The summed E-state index contributed by atoms with van der Waals surface area (Å²) in [6, 6.07) is 7.18. The van der Waals surface area contributed by atoms with Crippen LogP contribution in [0.3, 0.4) is 0 Å². The molecule has 5 rings (SSSR count). The fourth-order valence-electron chi connectivity index (χ4n) is 5.31. The quantitative estimate of drug-likeness (QED) is 0.429. The number of benzene rings is 2. The van der Waals surface area contributed by atoms with Crippen molar-refractivity contribution in [3.8, 4) is 17.0 Å². The van der Waals surface area contributed by atoms with Gasteiger partial charge in [0.25, 0.3) is 11.8 Å². The molecular formula is C29H31ClF2N6O4. The highest BCUT2D eigenvalue weighted by Crippen LogP contribution is 2.30. The van der Waals surface area contributed by atoms with Crippen LogP contribution in [0.4, 0.5) is 14.5 Å². The minimum atomic E-state index is -1.14. The Bertz CT molecular complexity index is 1520. The lowest BCUT2D eigenvalue weighted by atomic mass is 10.0. The van der Waals surface area contributed by atoms with Gasteiger partial charge >= 0.3 is 0 Å². The Hall–Kier alpha value is -4.03. The molecule has 0 spiro atoms. The van der Waals surface area contributed by atoms with E-state index >= 15 is 0 Å². The summed E-state index contributed by atoms with van der Waals surface area (Å²) in [5.74, 6) is -2.92. The third-order valence-electron chi connectivity index (χ3n) is 7.74. The van der Waals surface area contributed by atoms with Crippen molar-refractivity contribution in [2.45, 2.75) is 12.8 Å². The molecule has 1 atom stereocenters. The smallest absolute Gasteiger partial charge is 0.291 e. The van der Waals surface area contributed by atoms with Crippen LogP contribution in [-0.4, -0.2) is 83.5 Å². The molecule has 1 unspecified atom stereocenters. The van der Waals surface area contributed by atoms with E-state index in [9.17, 15) is 23.2 Å². The summed E-state index contributed by atoms with van der Waals surface area (Å²) in [4.78, 5) is 46.3. The van der Waals surface area contributed by atoms with Crippen LogP contribution in [0.25, 0.3) is 11.3 Å². The standard InChI is InChI=1S/C29H31ClF2N6O4/c1-36-22(20-5-6-23(42-2)26(32)25(20)31)16-34-27(36)28(40)35-18-3-4-19(21(30)14-18)29(41)38-11-9-37(10-12-38)24(39)13-17-7-8-33-15-17/h3-6,14,16-17,33H,7-13,15H2,1-2H3,(H,35,40). The number of halogens is 3. The molecule has 3 amide bonds. The van der Waals surface area contributed by atoms with E-state index < -0.39 is 17.5 Å². The first-order chi connectivity index (χ1) is 20.2. The molecule has 2 saturated heterocycles. The van der Waals surface area contributed by atoms with Crippen molar-refractivity contribution < 1.29 is 27.9 Å². The number of nitrogens with zero attached hydrogens (tertiary/aromatic N) is 4. The topological polar surface area (TPSA) is 109 Å². The minimum absolute atomic E-state index is 0.0477. The first-order valence-corrected chi connectivity index (χ1v) is 14.0. The van der Waals surface area contributed by atoms with Crippen LogP contribution in [0.2, 0.25) is 5.02 Å². The number of carbonyl (C=O) groups is 3. The molecular weight excluding hydrogens is 570 g/mol. The molecule has 3 heterocycles. The number of amides is 3. The number of methoxy groups -OCH3 is 1. The Morgan fingerprint density at radius 2 is 1.83 bits per heavy atom. The lowest BCUT2D eigenvalue weighted by molar-refractivity contribution is -0.133. The van der Waals surface area contributed by atoms with Gasteiger partial charge in [-0.1, -0.05) is 11.6 Å². The predicted octanol–water partition coefficient (Wildman–Crippen LogP) is 3.56. The molecule has 2 aliphatic heterocycles. The Kier molecular flexibility index (Phi) is 8.74. The third-order valence-corrected chi connectivity index (χ3v) is 8.05. The Labute approximate surface area is 246 Å². The van der Waals surface area contributed by atoms with Crippen LogP contribution in [0.5, 0.6) is 5.75 Å². The van der Waals surface area contributed by atoms with Crippen LogP contribution in [0.1, 0.15) is 33.8 Å². The van der Waals surface area contributed by atoms with Crippen molar-refractivity contribution in [2.24, 2.45) is 13.0 Å². The summed E-state index contributed by atoms with van der Waals surface area (Å²) in [6.07, 6.45) is 2.80. The van der Waals surface area contributed by atoms with Gasteiger partial charge in [-0.15, -0.1) is 0 Å². The van der Waals surface area contributed by atoms with Gasteiger partial charge in [0, 0.05) is 50.9 Å². The van der Waals surface area contributed by atoms with Crippen molar-refractivity contribution in [3.63, 3.8) is 0 Å². The largest absolute Gasteiger partial charge is 0.494 e. The zero-order valence-corrected chi connectivity index (χ0v) is 24.0. The first kappa shape index (κ1) is 29.5. The van der Waals surface area contributed by atoms with Gasteiger partial charge in [0.1, 0.15) is 0 Å². The van der Waals surface area contributed by atoms with Crippen LogP contribution in [0.15, 0.2) is 36.5 Å². The number of imidazole rings is 1. The summed E-state index contributed by atoms with van der Waals surface area (Å²) in [7, 11) is 2.74. The number of ether oxygens (including phenoxy) is 1. The van der Waals surface area contributed by atoms with Crippen LogP contribution in [-0.2, 0) is 11.8 Å². The highest BCUT2D eigenvalue weighted by atomic mass is 35.5. The van der Waals surface area contributed by atoms with Crippen molar-refractivity contribution >= 4 is 35.0 Å². The van der Waals surface area contributed by atoms with E-state index in [2.05, 4.69) is 15.6 Å². The fraction of sp³-hybridized carbons (Fsp3) is 0.379. The average Bonchev–Trinajstić information content (AvgIpc) is 3.64. The maximum Gasteiger partial charge on any atom is 0.291 e. The number of anilines is 1.